The third-order valence-electron chi connectivity index (χ3n) is 4.73. The van der Waals surface area contributed by atoms with Crippen molar-refractivity contribution < 1.29 is 9.90 Å². The van der Waals surface area contributed by atoms with Crippen molar-refractivity contribution in [2.75, 3.05) is 0 Å². The van der Waals surface area contributed by atoms with E-state index in [4.69, 9.17) is 0 Å². The number of nitrogens with zero attached hydrogens (tertiary/aromatic N) is 4. The molecule has 0 saturated heterocycles. The molecule has 0 aliphatic rings. The molecule has 0 amide bonds. The molecular weight excluding hydrogens is 346 g/mol. The van der Waals surface area contributed by atoms with E-state index in [-0.39, 0.29) is 11.3 Å². The normalized spacial score (nSPS) is 12.6. The minimum absolute atomic E-state index is 0.0508. The first-order valence-corrected chi connectivity index (χ1v) is 8.21. The van der Waals surface area contributed by atoms with Crippen molar-refractivity contribution in [2.24, 2.45) is 7.05 Å². The van der Waals surface area contributed by atoms with Crippen LogP contribution in [-0.4, -0.2) is 35.0 Å². The van der Waals surface area contributed by atoms with Gasteiger partial charge in [0.2, 0.25) is 5.65 Å². The number of imidazole rings is 2. The van der Waals surface area contributed by atoms with Crippen molar-refractivity contribution in [2.45, 2.75) is 0 Å². The van der Waals surface area contributed by atoms with E-state index in [2.05, 4.69) is 15.0 Å². The van der Waals surface area contributed by atoms with Crippen LogP contribution < -0.4 is 10.8 Å². The molecule has 0 saturated carbocycles. The molecule has 2 aromatic carbocycles. The van der Waals surface area contributed by atoms with Crippen LogP contribution in [0.15, 0.2) is 47.8 Å². The van der Waals surface area contributed by atoms with Crippen molar-refractivity contribution in [3.63, 3.8) is 0 Å². The van der Waals surface area contributed by atoms with E-state index in [9.17, 15) is 14.7 Å². The fourth-order valence-corrected chi connectivity index (χ4v) is 3.49. The number of aromatic carboxylic acids is 1. The number of aromatic nitrogens is 5. The topological polar surface area (TPSA) is 105 Å². The number of rotatable bonds is 2. The zero-order valence-corrected chi connectivity index (χ0v) is 14.2. The molecule has 0 radical (unpaired) electrons. The fourth-order valence-electron chi connectivity index (χ4n) is 3.49. The number of aryl methyl sites for hydroxylation is 1. The van der Waals surface area contributed by atoms with Gasteiger partial charge in [0.15, 0.2) is 5.69 Å². The highest BCUT2D eigenvalue weighted by atomic mass is 16.4. The first kappa shape index (κ1) is 15.3. The Morgan fingerprint density at radius 2 is 2.04 bits per heavy atom. The monoisotopic (exact) mass is 359 g/mol. The molecular formula is C19H13N5O3. The second kappa shape index (κ2) is 5.28. The number of fused-ring (bicyclic) bond motifs is 5. The highest BCUT2D eigenvalue weighted by Gasteiger charge is 2.17. The van der Waals surface area contributed by atoms with Crippen LogP contribution in [0.3, 0.4) is 0 Å². The average molecular weight is 359 g/mol. The van der Waals surface area contributed by atoms with Gasteiger partial charge in [0.05, 0.1) is 29.3 Å². The molecule has 5 aromatic rings. The Bertz CT molecular complexity index is 1490. The van der Waals surface area contributed by atoms with Crippen LogP contribution >= 0.6 is 0 Å². The summed E-state index contributed by atoms with van der Waals surface area (Å²) in [6.07, 6.45) is 6.80. The molecule has 8 nitrogen and oxygen atoms in total. The summed E-state index contributed by atoms with van der Waals surface area (Å²) in [4.78, 5) is 34.9. The van der Waals surface area contributed by atoms with Gasteiger partial charge in [-0.25, -0.2) is 14.8 Å². The van der Waals surface area contributed by atoms with Crippen molar-refractivity contribution in [1.29, 1.82) is 0 Å². The van der Waals surface area contributed by atoms with Gasteiger partial charge in [0, 0.05) is 23.8 Å². The number of hydrogen-bond acceptors (Lipinski definition) is 4. The summed E-state index contributed by atoms with van der Waals surface area (Å²) in [6, 6.07) is 7.72. The lowest BCUT2D eigenvalue weighted by molar-refractivity contribution is 0.0691. The third kappa shape index (κ3) is 2.10. The molecule has 0 bridgehead atoms. The number of hydrogen-bond donors (Lipinski definition) is 2. The summed E-state index contributed by atoms with van der Waals surface area (Å²) in [5, 5.41) is 12.0. The van der Waals surface area contributed by atoms with Gasteiger partial charge in [-0.3, -0.25) is 9.20 Å². The van der Waals surface area contributed by atoms with Crippen LogP contribution in [0, 0.1) is 0 Å². The first-order valence-electron chi connectivity index (χ1n) is 8.21. The Morgan fingerprint density at radius 1 is 1.26 bits per heavy atom. The molecule has 132 valence electrons. The number of carbonyl (C=O) groups is 1. The van der Waals surface area contributed by atoms with Crippen LogP contribution in [0.2, 0.25) is 0 Å². The molecule has 0 unspecified atom stereocenters. The predicted octanol–water partition coefficient (Wildman–Crippen LogP) is 1.31. The summed E-state index contributed by atoms with van der Waals surface area (Å²) in [5.41, 5.74) is 1.67. The Balaban J connectivity index is 2.08. The Hall–Kier alpha value is -3.94. The third-order valence-corrected chi connectivity index (χ3v) is 4.73. The SMILES string of the molecule is Cn1cncc1C=c1c2ccccc2c2[nH]c(=O)c3nc(C(=O)O)cn3c12. The molecule has 0 aliphatic carbocycles. The van der Waals surface area contributed by atoms with Gasteiger partial charge in [-0.1, -0.05) is 24.3 Å². The van der Waals surface area contributed by atoms with Crippen LogP contribution in [0.4, 0.5) is 0 Å². The average Bonchev–Trinajstić information content (AvgIpc) is 3.33. The van der Waals surface area contributed by atoms with Crippen LogP contribution in [0.1, 0.15) is 16.2 Å². The number of carboxylic acid groups (broad SMARTS) is 1. The van der Waals surface area contributed by atoms with Crippen molar-refractivity contribution in [3.8, 4) is 0 Å². The summed E-state index contributed by atoms with van der Waals surface area (Å²) in [6.45, 7) is 0. The number of carboxylic acids is 1. The molecule has 3 aromatic heterocycles. The molecule has 0 spiro atoms. The molecule has 8 heteroatoms. The summed E-state index contributed by atoms with van der Waals surface area (Å²) in [7, 11) is 1.89. The standard InChI is InChI=1S/C19H13N5O3/c1-23-9-20-7-10(23)6-13-11-4-2-3-5-12(11)15-16(13)24-8-14(19(26)27)21-17(24)18(25)22-15/h2-9H,1H3,(H,22,25)(H,26,27). The van der Waals surface area contributed by atoms with E-state index in [1.54, 1.807) is 16.9 Å². The van der Waals surface area contributed by atoms with Crippen LogP contribution in [0.25, 0.3) is 33.5 Å². The lowest BCUT2D eigenvalue weighted by Crippen LogP contribution is -2.13. The highest BCUT2D eigenvalue weighted by Crippen LogP contribution is 2.22. The van der Waals surface area contributed by atoms with E-state index in [1.165, 1.54) is 6.20 Å². The lowest BCUT2D eigenvalue weighted by Gasteiger charge is -1.98. The Labute approximate surface area is 151 Å². The van der Waals surface area contributed by atoms with Crippen molar-refractivity contribution >= 4 is 39.5 Å². The van der Waals surface area contributed by atoms with E-state index in [0.29, 0.717) is 11.0 Å². The van der Waals surface area contributed by atoms with E-state index in [1.807, 2.05) is 42.0 Å². The van der Waals surface area contributed by atoms with E-state index >= 15 is 0 Å². The number of benzene rings is 1. The molecule has 2 N–H and O–H groups in total. The number of H-pyrrole nitrogens is 1. The smallest absolute Gasteiger partial charge is 0.356 e. The molecule has 0 atom stereocenters. The van der Waals surface area contributed by atoms with Crippen molar-refractivity contribution in [3.05, 3.63) is 69.9 Å². The largest absolute Gasteiger partial charge is 0.476 e. The Kier molecular flexibility index (Phi) is 3.00. The second-order valence-electron chi connectivity index (χ2n) is 6.34. The quantitative estimate of drug-likeness (QED) is 0.494. The van der Waals surface area contributed by atoms with Gasteiger partial charge in [-0.2, -0.15) is 0 Å². The van der Waals surface area contributed by atoms with Gasteiger partial charge < -0.3 is 14.7 Å². The minimum atomic E-state index is -1.18. The summed E-state index contributed by atoms with van der Waals surface area (Å²) in [5.74, 6) is -1.18. The maximum Gasteiger partial charge on any atom is 0.356 e. The van der Waals surface area contributed by atoms with Crippen LogP contribution in [-0.2, 0) is 7.05 Å². The van der Waals surface area contributed by atoms with Gasteiger partial charge in [0.25, 0.3) is 5.56 Å². The molecule has 0 aliphatic heterocycles. The molecule has 27 heavy (non-hydrogen) atoms. The van der Waals surface area contributed by atoms with Gasteiger partial charge in [-0.15, -0.1) is 0 Å². The van der Waals surface area contributed by atoms with E-state index < -0.39 is 11.5 Å². The fraction of sp³-hybridized carbons (Fsp3) is 0.0526. The summed E-state index contributed by atoms with van der Waals surface area (Å²) < 4.78 is 3.44. The number of aromatic amines is 1. The maximum absolute atomic E-state index is 12.5. The molecule has 0 fully saturated rings. The van der Waals surface area contributed by atoms with Gasteiger partial charge in [-0.05, 0) is 11.5 Å². The Morgan fingerprint density at radius 3 is 2.74 bits per heavy atom. The summed E-state index contributed by atoms with van der Waals surface area (Å²) >= 11 is 0. The predicted molar refractivity (Wildman–Crippen MR) is 99.8 cm³/mol. The molecule has 3 heterocycles. The zero-order valence-electron chi connectivity index (χ0n) is 14.2. The van der Waals surface area contributed by atoms with Gasteiger partial charge >= 0.3 is 5.97 Å². The van der Waals surface area contributed by atoms with E-state index in [0.717, 1.165) is 21.7 Å². The van der Waals surface area contributed by atoms with Gasteiger partial charge in [0.1, 0.15) is 0 Å². The highest BCUT2D eigenvalue weighted by molar-refractivity contribution is 6.10. The lowest BCUT2D eigenvalue weighted by atomic mass is 10.2. The zero-order chi connectivity index (χ0) is 18.7. The maximum atomic E-state index is 12.5. The number of nitrogens with one attached hydrogen (secondary N) is 1. The molecule has 5 rings (SSSR count). The second-order valence-corrected chi connectivity index (χ2v) is 6.34. The van der Waals surface area contributed by atoms with Crippen LogP contribution in [0.5, 0.6) is 0 Å². The van der Waals surface area contributed by atoms with Crippen molar-refractivity contribution in [1.82, 2.24) is 23.9 Å². The first-order chi connectivity index (χ1) is 13.0. The minimum Gasteiger partial charge on any atom is -0.476 e.